The molecule has 9 heteroatoms. The highest BCUT2D eigenvalue weighted by Crippen LogP contribution is 2.64. The van der Waals surface area contributed by atoms with Gasteiger partial charge in [-0.3, -0.25) is 9.59 Å². The number of carbonyl (C=O) groups excluding carboxylic acids is 2. The van der Waals surface area contributed by atoms with E-state index in [0.29, 0.717) is 40.6 Å². The highest BCUT2D eigenvalue weighted by Gasteiger charge is 2.58. The quantitative estimate of drug-likeness (QED) is 0.205. The van der Waals surface area contributed by atoms with E-state index >= 15 is 0 Å². The van der Waals surface area contributed by atoms with Crippen LogP contribution < -0.4 is 10.4 Å². The molecule has 0 amide bonds. The van der Waals surface area contributed by atoms with Crippen LogP contribution in [-0.2, 0) is 27.5 Å². The van der Waals surface area contributed by atoms with Crippen LogP contribution in [0.4, 0.5) is 0 Å². The second-order valence-corrected chi connectivity index (χ2v) is 13.6. The van der Waals surface area contributed by atoms with E-state index < -0.39 is 5.63 Å². The number of esters is 1. The molecule has 0 saturated heterocycles. The topological polar surface area (TPSA) is 114 Å². The first-order valence-electron chi connectivity index (χ1n) is 15.6. The van der Waals surface area contributed by atoms with Gasteiger partial charge in [-0.15, -0.1) is 5.10 Å². The molecule has 0 aliphatic heterocycles. The average Bonchev–Trinajstić information content (AvgIpc) is 3.54. The summed E-state index contributed by atoms with van der Waals surface area (Å²) in [6.45, 7) is 6.64. The average molecular weight is 586 g/mol. The standard InChI is InChI=1S/C34H39N3O6/c1-20-14-31(39)43-29-16-23(5-7-25(20)29)41-19-22-17-37(36-35-22)18-32(40)42-24-10-12-33(2)21(15-24)4-6-26-27-8-9-30(38)34(27,3)13-11-28(26)33/h4-5,7,14,16-17,24,26-28H,6,8-13,15,18-19H2,1-3H3/t24-,26-,27-,28-,33-,34-/m0/s1. The molecule has 0 radical (unpaired) electrons. The minimum Gasteiger partial charge on any atom is -0.487 e. The zero-order chi connectivity index (χ0) is 29.9. The Balaban J connectivity index is 0.939. The maximum absolute atomic E-state index is 12.9. The van der Waals surface area contributed by atoms with Crippen molar-refractivity contribution in [3.63, 3.8) is 0 Å². The van der Waals surface area contributed by atoms with Gasteiger partial charge < -0.3 is 13.9 Å². The number of hydrogen-bond donors (Lipinski definition) is 0. The molecule has 9 nitrogen and oxygen atoms in total. The number of aromatic nitrogens is 3. The zero-order valence-electron chi connectivity index (χ0n) is 25.1. The molecule has 226 valence electrons. The predicted octanol–water partition coefficient (Wildman–Crippen LogP) is 5.72. The molecular formula is C34H39N3O6. The Labute approximate surface area is 250 Å². The third kappa shape index (κ3) is 4.90. The van der Waals surface area contributed by atoms with Gasteiger partial charge in [0.25, 0.3) is 0 Å². The number of rotatable bonds is 6. The lowest BCUT2D eigenvalue weighted by Crippen LogP contribution is -2.50. The number of benzene rings is 1. The lowest BCUT2D eigenvalue weighted by molar-refractivity contribution is -0.152. The summed E-state index contributed by atoms with van der Waals surface area (Å²) in [7, 11) is 0. The van der Waals surface area contributed by atoms with Gasteiger partial charge in [0, 0.05) is 35.8 Å². The van der Waals surface area contributed by atoms with E-state index in [2.05, 4.69) is 30.2 Å². The molecule has 0 unspecified atom stereocenters. The van der Waals surface area contributed by atoms with Crippen molar-refractivity contribution in [3.05, 3.63) is 63.8 Å². The molecule has 3 aromatic rings. The summed E-state index contributed by atoms with van der Waals surface area (Å²) in [5.41, 5.74) is 2.94. The summed E-state index contributed by atoms with van der Waals surface area (Å²) >= 11 is 0. The van der Waals surface area contributed by atoms with Gasteiger partial charge in [0.15, 0.2) is 0 Å². The lowest BCUT2D eigenvalue weighted by Gasteiger charge is -2.56. The normalized spacial score (nSPS) is 31.6. The molecule has 4 aliphatic carbocycles. The van der Waals surface area contributed by atoms with Crippen molar-refractivity contribution in [3.8, 4) is 5.75 Å². The Morgan fingerprint density at radius 2 is 1.91 bits per heavy atom. The third-order valence-corrected chi connectivity index (χ3v) is 11.3. The van der Waals surface area contributed by atoms with Gasteiger partial charge in [0.2, 0.25) is 0 Å². The molecule has 0 N–H and O–H groups in total. The van der Waals surface area contributed by atoms with Crippen molar-refractivity contribution in [2.45, 2.75) is 91.4 Å². The largest absolute Gasteiger partial charge is 0.487 e. The van der Waals surface area contributed by atoms with Crippen LogP contribution in [0.2, 0.25) is 0 Å². The Kier molecular flexibility index (Phi) is 6.82. The first-order valence-corrected chi connectivity index (χ1v) is 15.6. The number of Topliss-reactive ketones (excluding diaryl/α,β-unsaturated/α-hetero) is 1. The fourth-order valence-electron chi connectivity index (χ4n) is 8.89. The minimum absolute atomic E-state index is 0.0147. The smallest absolute Gasteiger partial charge is 0.336 e. The highest BCUT2D eigenvalue weighted by molar-refractivity contribution is 5.87. The van der Waals surface area contributed by atoms with Gasteiger partial charge in [0.05, 0.1) is 6.20 Å². The van der Waals surface area contributed by atoms with Crippen LogP contribution in [0.3, 0.4) is 0 Å². The second-order valence-electron chi connectivity index (χ2n) is 13.6. The lowest BCUT2D eigenvalue weighted by atomic mass is 9.48. The Hall–Kier alpha value is -3.75. The number of nitrogens with zero attached hydrogens (tertiary/aromatic N) is 3. The van der Waals surface area contributed by atoms with Crippen LogP contribution in [0.25, 0.3) is 11.0 Å². The molecular weight excluding hydrogens is 546 g/mol. The number of carbonyl (C=O) groups is 2. The molecule has 2 heterocycles. The Bertz CT molecular complexity index is 1690. The van der Waals surface area contributed by atoms with Crippen LogP contribution in [0.1, 0.15) is 76.5 Å². The fourth-order valence-corrected chi connectivity index (χ4v) is 8.89. The highest BCUT2D eigenvalue weighted by atomic mass is 16.5. The van der Waals surface area contributed by atoms with Crippen LogP contribution in [0.15, 0.2) is 51.3 Å². The summed E-state index contributed by atoms with van der Waals surface area (Å²) in [6.07, 6.45) is 11.6. The summed E-state index contributed by atoms with van der Waals surface area (Å²) < 4.78 is 18.5. The molecule has 0 spiro atoms. The third-order valence-electron chi connectivity index (χ3n) is 11.3. The SMILES string of the molecule is Cc1cc(=O)oc2cc(OCc3cn(CC(=O)O[C@H]4CC[C@@]5(C)C(=CC[C@@H]6[C@@H]5CC[C@]5(C)C(=O)CC[C@@H]65)C4)nn3)ccc12. The molecule has 3 saturated carbocycles. The molecule has 43 heavy (non-hydrogen) atoms. The number of fused-ring (bicyclic) bond motifs is 6. The van der Waals surface area contributed by atoms with Gasteiger partial charge >= 0.3 is 11.6 Å². The van der Waals surface area contributed by atoms with Crippen LogP contribution in [0, 0.1) is 35.5 Å². The fraction of sp³-hybridized carbons (Fsp3) is 0.559. The first-order chi connectivity index (χ1) is 20.6. The van der Waals surface area contributed by atoms with E-state index in [9.17, 15) is 14.4 Å². The predicted molar refractivity (Wildman–Crippen MR) is 158 cm³/mol. The monoisotopic (exact) mass is 585 g/mol. The summed E-state index contributed by atoms with van der Waals surface area (Å²) in [6, 6.07) is 6.82. The van der Waals surface area contributed by atoms with Crippen molar-refractivity contribution in [2.24, 2.45) is 28.6 Å². The van der Waals surface area contributed by atoms with E-state index in [1.807, 2.05) is 19.1 Å². The summed E-state index contributed by atoms with van der Waals surface area (Å²) in [5.74, 6) is 2.42. The molecule has 6 atom stereocenters. The van der Waals surface area contributed by atoms with Gasteiger partial charge in [-0.2, -0.15) is 0 Å². The maximum atomic E-state index is 12.9. The van der Waals surface area contributed by atoms with E-state index in [-0.39, 0.29) is 36.1 Å². The Morgan fingerprint density at radius 1 is 1.09 bits per heavy atom. The van der Waals surface area contributed by atoms with Crippen LogP contribution >= 0.6 is 0 Å². The van der Waals surface area contributed by atoms with Gasteiger partial charge in [0.1, 0.15) is 42.1 Å². The van der Waals surface area contributed by atoms with E-state index in [1.165, 1.54) is 16.3 Å². The van der Waals surface area contributed by atoms with Gasteiger partial charge in [-0.1, -0.05) is 30.7 Å². The van der Waals surface area contributed by atoms with Gasteiger partial charge in [-0.25, -0.2) is 9.48 Å². The number of ketones is 1. The second kappa shape index (κ2) is 10.5. The maximum Gasteiger partial charge on any atom is 0.336 e. The summed E-state index contributed by atoms with van der Waals surface area (Å²) in [4.78, 5) is 37.3. The van der Waals surface area contributed by atoms with E-state index in [1.54, 1.807) is 12.3 Å². The van der Waals surface area contributed by atoms with Crippen molar-refractivity contribution in [2.75, 3.05) is 0 Å². The first kappa shape index (κ1) is 28.0. The molecule has 7 rings (SSSR count). The number of allylic oxidation sites excluding steroid dienone is 1. The van der Waals surface area contributed by atoms with E-state index in [0.717, 1.165) is 62.3 Å². The zero-order valence-corrected chi connectivity index (χ0v) is 25.1. The van der Waals surface area contributed by atoms with E-state index in [4.69, 9.17) is 13.9 Å². The molecule has 1 aromatic carbocycles. The van der Waals surface area contributed by atoms with Crippen molar-refractivity contribution in [1.29, 1.82) is 0 Å². The van der Waals surface area contributed by atoms with Gasteiger partial charge in [-0.05, 0) is 86.3 Å². The molecule has 4 aliphatic rings. The molecule has 2 aromatic heterocycles. The molecule has 3 fully saturated rings. The van der Waals surface area contributed by atoms with Crippen LogP contribution in [-0.4, -0.2) is 32.9 Å². The van der Waals surface area contributed by atoms with Crippen molar-refractivity contribution in [1.82, 2.24) is 15.0 Å². The van der Waals surface area contributed by atoms with Crippen molar-refractivity contribution >= 4 is 22.7 Å². The summed E-state index contributed by atoms with van der Waals surface area (Å²) in [5, 5.41) is 9.07. The van der Waals surface area contributed by atoms with Crippen LogP contribution in [0.5, 0.6) is 5.75 Å². The minimum atomic E-state index is -0.400. The van der Waals surface area contributed by atoms with Crippen molar-refractivity contribution < 1.29 is 23.5 Å². The number of aryl methyl sites for hydroxylation is 1. The number of hydrogen-bond acceptors (Lipinski definition) is 8. The number of ether oxygens (including phenoxy) is 2. The molecule has 0 bridgehead atoms. The Morgan fingerprint density at radius 3 is 2.77 bits per heavy atom.